The molecule has 158 valence electrons. The molecular formula is C21H23N3O5S. The molecule has 1 N–H and O–H groups in total. The number of oxazole rings is 1. The lowest BCUT2D eigenvalue weighted by Crippen LogP contribution is -2.27. The zero-order valence-corrected chi connectivity index (χ0v) is 17.4. The molecule has 0 radical (unpaired) electrons. The van der Waals surface area contributed by atoms with E-state index in [9.17, 15) is 18.0 Å². The molecule has 2 aromatic carbocycles. The number of nitrogens with zero attached hydrogens (tertiary/aromatic N) is 2. The number of benzene rings is 2. The molecule has 8 nitrogen and oxygen atoms in total. The zero-order valence-electron chi connectivity index (χ0n) is 16.6. The summed E-state index contributed by atoms with van der Waals surface area (Å²) in [6, 6.07) is 11.8. The first-order chi connectivity index (χ1) is 14.4. The highest BCUT2D eigenvalue weighted by Gasteiger charge is 2.28. The number of amides is 1. The van der Waals surface area contributed by atoms with Crippen LogP contribution in [0.1, 0.15) is 25.3 Å². The Morgan fingerprint density at radius 3 is 2.47 bits per heavy atom. The molecule has 1 fully saturated rings. The highest BCUT2D eigenvalue weighted by atomic mass is 32.2. The van der Waals surface area contributed by atoms with Crippen LogP contribution in [0.4, 0.5) is 5.69 Å². The molecule has 30 heavy (non-hydrogen) atoms. The number of anilines is 1. The molecule has 0 aliphatic carbocycles. The van der Waals surface area contributed by atoms with Crippen molar-refractivity contribution in [2.75, 3.05) is 18.4 Å². The molecule has 0 bridgehead atoms. The van der Waals surface area contributed by atoms with Crippen LogP contribution in [0, 0.1) is 0 Å². The third kappa shape index (κ3) is 3.90. The van der Waals surface area contributed by atoms with Gasteiger partial charge in [0.25, 0.3) is 0 Å². The lowest BCUT2D eigenvalue weighted by atomic mass is 10.1. The third-order valence-electron chi connectivity index (χ3n) is 5.29. The van der Waals surface area contributed by atoms with Gasteiger partial charge in [0, 0.05) is 24.8 Å². The van der Waals surface area contributed by atoms with Crippen molar-refractivity contribution in [2.45, 2.75) is 37.6 Å². The summed E-state index contributed by atoms with van der Waals surface area (Å²) in [7, 11) is -3.62. The first-order valence-corrected chi connectivity index (χ1v) is 11.3. The summed E-state index contributed by atoms with van der Waals surface area (Å²) in [5.41, 5.74) is 2.30. The van der Waals surface area contributed by atoms with Crippen molar-refractivity contribution in [2.24, 2.45) is 0 Å². The molecule has 3 aromatic rings. The maximum absolute atomic E-state index is 12.7. The van der Waals surface area contributed by atoms with E-state index in [0.29, 0.717) is 24.3 Å². The van der Waals surface area contributed by atoms with Crippen LogP contribution in [0.25, 0.3) is 11.1 Å². The van der Waals surface area contributed by atoms with Gasteiger partial charge in [-0.05, 0) is 49.1 Å². The molecule has 4 rings (SSSR count). The van der Waals surface area contributed by atoms with Gasteiger partial charge in [-0.1, -0.05) is 19.1 Å². The van der Waals surface area contributed by atoms with Crippen LogP contribution in [0.5, 0.6) is 0 Å². The molecule has 0 atom stereocenters. The highest BCUT2D eigenvalue weighted by Crippen LogP contribution is 2.24. The fraction of sp³-hybridized carbons (Fsp3) is 0.333. The SMILES string of the molecule is CCc1ccc(NC(=O)Cn2c(=O)oc3cc(S(=O)(=O)N4CCCC4)ccc32)cc1. The van der Waals surface area contributed by atoms with E-state index in [1.807, 2.05) is 31.2 Å². The van der Waals surface area contributed by atoms with Crippen molar-refractivity contribution >= 4 is 32.7 Å². The van der Waals surface area contributed by atoms with Crippen LogP contribution in [0.2, 0.25) is 0 Å². The van der Waals surface area contributed by atoms with Gasteiger partial charge in [0.1, 0.15) is 6.54 Å². The summed E-state index contributed by atoms with van der Waals surface area (Å²) < 4.78 is 33.3. The number of nitrogens with one attached hydrogen (secondary N) is 1. The Balaban J connectivity index is 1.56. The molecule has 1 aliphatic heterocycles. The number of aryl methyl sites for hydroxylation is 1. The first-order valence-electron chi connectivity index (χ1n) is 9.91. The van der Waals surface area contributed by atoms with Gasteiger partial charge in [0.05, 0.1) is 10.4 Å². The summed E-state index contributed by atoms with van der Waals surface area (Å²) in [5.74, 6) is -1.09. The number of aromatic nitrogens is 1. The minimum Gasteiger partial charge on any atom is -0.408 e. The maximum atomic E-state index is 12.7. The van der Waals surface area contributed by atoms with Gasteiger partial charge in [-0.15, -0.1) is 0 Å². The zero-order chi connectivity index (χ0) is 21.3. The summed E-state index contributed by atoms with van der Waals surface area (Å²) in [6.45, 7) is 2.79. The number of fused-ring (bicyclic) bond motifs is 1. The van der Waals surface area contributed by atoms with Crippen molar-refractivity contribution in [1.82, 2.24) is 8.87 Å². The van der Waals surface area contributed by atoms with Gasteiger partial charge in [0.2, 0.25) is 15.9 Å². The third-order valence-corrected chi connectivity index (χ3v) is 7.18. The van der Waals surface area contributed by atoms with E-state index < -0.39 is 15.8 Å². The van der Waals surface area contributed by atoms with Crippen LogP contribution in [0.15, 0.2) is 56.6 Å². The van der Waals surface area contributed by atoms with Crippen molar-refractivity contribution in [1.29, 1.82) is 0 Å². The quantitative estimate of drug-likeness (QED) is 0.649. The minimum absolute atomic E-state index is 0.0817. The second-order valence-corrected chi connectivity index (χ2v) is 9.23. The fourth-order valence-corrected chi connectivity index (χ4v) is 5.14. The van der Waals surface area contributed by atoms with E-state index in [0.717, 1.165) is 24.8 Å². The van der Waals surface area contributed by atoms with Crippen LogP contribution in [-0.4, -0.2) is 36.3 Å². The second-order valence-electron chi connectivity index (χ2n) is 7.29. The highest BCUT2D eigenvalue weighted by molar-refractivity contribution is 7.89. The molecule has 9 heteroatoms. The molecular weight excluding hydrogens is 406 g/mol. The monoisotopic (exact) mass is 429 g/mol. The standard InChI is InChI=1S/C21H23N3O5S/c1-2-15-5-7-16(8-6-15)22-20(25)14-24-18-10-9-17(13-19(18)29-21(24)26)30(27,28)23-11-3-4-12-23/h5-10,13H,2-4,11-12,14H2,1H3,(H,22,25). The van der Waals surface area contributed by atoms with E-state index >= 15 is 0 Å². The molecule has 1 saturated heterocycles. The van der Waals surface area contributed by atoms with Gasteiger partial charge in [-0.2, -0.15) is 4.31 Å². The van der Waals surface area contributed by atoms with E-state index in [-0.39, 0.29) is 22.9 Å². The molecule has 1 aliphatic rings. The number of hydrogen-bond donors (Lipinski definition) is 1. The summed E-state index contributed by atoms with van der Waals surface area (Å²) >= 11 is 0. The van der Waals surface area contributed by atoms with E-state index in [2.05, 4.69) is 5.32 Å². The smallest absolute Gasteiger partial charge is 0.408 e. The van der Waals surface area contributed by atoms with Gasteiger partial charge in [0.15, 0.2) is 5.58 Å². The largest absolute Gasteiger partial charge is 0.420 e. The molecule has 1 aromatic heterocycles. The molecule has 0 spiro atoms. The lowest BCUT2D eigenvalue weighted by Gasteiger charge is -2.15. The minimum atomic E-state index is -3.62. The Bertz CT molecular complexity index is 1240. The van der Waals surface area contributed by atoms with Crippen molar-refractivity contribution in [3.63, 3.8) is 0 Å². The Hall–Kier alpha value is -2.91. The number of sulfonamides is 1. The molecule has 0 unspecified atom stereocenters. The first kappa shape index (κ1) is 20.4. The summed E-state index contributed by atoms with van der Waals surface area (Å²) in [6.07, 6.45) is 2.58. The van der Waals surface area contributed by atoms with E-state index in [1.54, 1.807) is 0 Å². The molecule has 2 heterocycles. The van der Waals surface area contributed by atoms with Crippen LogP contribution >= 0.6 is 0 Å². The van der Waals surface area contributed by atoms with Crippen LogP contribution in [-0.2, 0) is 27.8 Å². The number of carbonyl (C=O) groups excluding carboxylic acids is 1. The van der Waals surface area contributed by atoms with Gasteiger partial charge in [-0.3, -0.25) is 9.36 Å². The topological polar surface area (TPSA) is 102 Å². The predicted octanol–water partition coefficient (Wildman–Crippen LogP) is 2.58. The number of rotatable bonds is 6. The second kappa shape index (κ2) is 8.08. The Morgan fingerprint density at radius 1 is 1.10 bits per heavy atom. The van der Waals surface area contributed by atoms with Crippen LogP contribution in [0.3, 0.4) is 0 Å². The lowest BCUT2D eigenvalue weighted by molar-refractivity contribution is -0.116. The maximum Gasteiger partial charge on any atom is 0.420 e. The predicted molar refractivity (Wildman–Crippen MR) is 113 cm³/mol. The van der Waals surface area contributed by atoms with Gasteiger partial charge < -0.3 is 9.73 Å². The summed E-state index contributed by atoms with van der Waals surface area (Å²) in [5, 5.41) is 2.75. The normalized spacial score (nSPS) is 15.0. The summed E-state index contributed by atoms with van der Waals surface area (Å²) in [4.78, 5) is 24.8. The van der Waals surface area contributed by atoms with Crippen molar-refractivity contribution in [3.8, 4) is 0 Å². The Labute approximate surface area is 174 Å². The molecule has 1 amide bonds. The Morgan fingerprint density at radius 2 is 1.80 bits per heavy atom. The number of hydrogen-bond acceptors (Lipinski definition) is 5. The van der Waals surface area contributed by atoms with Crippen molar-refractivity contribution in [3.05, 3.63) is 58.6 Å². The van der Waals surface area contributed by atoms with Gasteiger partial charge >= 0.3 is 5.76 Å². The molecule has 0 saturated carbocycles. The number of carbonyl (C=O) groups is 1. The average Bonchev–Trinajstić information content (AvgIpc) is 3.37. The Kier molecular flexibility index (Phi) is 5.48. The van der Waals surface area contributed by atoms with E-state index in [4.69, 9.17) is 4.42 Å². The average molecular weight is 429 g/mol. The van der Waals surface area contributed by atoms with Crippen LogP contribution < -0.4 is 11.1 Å². The fourth-order valence-electron chi connectivity index (χ4n) is 3.60. The van der Waals surface area contributed by atoms with Gasteiger partial charge in [-0.25, -0.2) is 13.2 Å². The van der Waals surface area contributed by atoms with Crippen molar-refractivity contribution < 1.29 is 17.6 Å². The van der Waals surface area contributed by atoms with E-state index in [1.165, 1.54) is 27.1 Å².